The number of aliphatic hydroxyl groups excluding tert-OH is 1. The molecule has 55 heavy (non-hydrogen) atoms. The van der Waals surface area contributed by atoms with Gasteiger partial charge in [-0.05, 0) is 79.0 Å². The third-order valence-electron chi connectivity index (χ3n) is 11.7. The molecule has 2 bridgehead atoms. The Labute approximate surface area is 327 Å². The first kappa shape index (κ1) is 44.8. The van der Waals surface area contributed by atoms with E-state index in [-0.39, 0.29) is 38.2 Å². The molecule has 13 atom stereocenters. The lowest BCUT2D eigenvalue weighted by Crippen LogP contribution is -2.60. The second-order valence-electron chi connectivity index (χ2n) is 16.6. The fourth-order valence-corrected chi connectivity index (χ4v) is 8.63. The summed E-state index contributed by atoms with van der Waals surface area (Å²) < 4.78 is 32.6. The molecule has 0 aliphatic carbocycles. The molecule has 0 saturated carbocycles. The van der Waals surface area contributed by atoms with Crippen LogP contribution in [0.25, 0.3) is 0 Å². The number of Topliss-reactive ketones (excluding diaryl/α,β-unsaturated/α-hetero) is 1. The van der Waals surface area contributed by atoms with E-state index in [2.05, 4.69) is 4.99 Å². The van der Waals surface area contributed by atoms with Crippen molar-refractivity contribution < 1.29 is 48.3 Å². The molecule has 13 heteroatoms. The average Bonchev–Trinajstić information content (AvgIpc) is 3.14. The minimum atomic E-state index is -1.78. The summed E-state index contributed by atoms with van der Waals surface area (Å²) in [7, 11) is 3.76. The van der Waals surface area contributed by atoms with Crippen LogP contribution in [0.4, 0.5) is 0 Å². The van der Waals surface area contributed by atoms with E-state index in [9.17, 15) is 24.6 Å². The first-order valence-corrected chi connectivity index (χ1v) is 19.8. The van der Waals surface area contributed by atoms with Gasteiger partial charge in [0.15, 0.2) is 12.1 Å². The van der Waals surface area contributed by atoms with Crippen LogP contribution in [0.2, 0.25) is 0 Å². The molecule has 3 fully saturated rings. The lowest BCUT2D eigenvalue weighted by molar-refractivity contribution is -0.296. The number of aliphatic imine (C=N–C) groups is 2. The molecule has 3 aliphatic heterocycles. The van der Waals surface area contributed by atoms with Gasteiger partial charge in [0.1, 0.15) is 23.7 Å². The molecule has 1 unspecified atom stereocenters. The first-order chi connectivity index (χ1) is 25.8. The van der Waals surface area contributed by atoms with Crippen molar-refractivity contribution in [3.05, 3.63) is 35.9 Å². The topological polar surface area (TPSA) is 166 Å². The van der Waals surface area contributed by atoms with Crippen LogP contribution in [-0.2, 0) is 44.5 Å². The van der Waals surface area contributed by atoms with Crippen molar-refractivity contribution >= 4 is 29.1 Å². The molecular formula is C42H65N3O10. The third-order valence-corrected chi connectivity index (χ3v) is 11.7. The Morgan fingerprint density at radius 2 is 1.71 bits per heavy atom. The molecule has 0 aromatic heterocycles. The molecule has 1 aromatic carbocycles. The monoisotopic (exact) mass is 771 g/mol. The molecule has 0 spiro atoms. The van der Waals surface area contributed by atoms with E-state index in [1.54, 1.807) is 20.8 Å². The quantitative estimate of drug-likeness (QED) is 0.301. The van der Waals surface area contributed by atoms with Crippen LogP contribution < -0.4 is 0 Å². The summed E-state index contributed by atoms with van der Waals surface area (Å²) in [5, 5.41) is 24.0. The second-order valence-corrected chi connectivity index (χ2v) is 16.6. The smallest absolute Gasteiger partial charge is 0.316 e. The van der Waals surface area contributed by atoms with Crippen molar-refractivity contribution in [1.82, 2.24) is 4.90 Å². The Hall–Kier alpha value is -2.91. The summed E-state index contributed by atoms with van der Waals surface area (Å²) in [4.78, 5) is 52.4. The maximum Gasteiger partial charge on any atom is 0.316 e. The average molecular weight is 772 g/mol. The van der Waals surface area contributed by atoms with Crippen LogP contribution in [0.5, 0.6) is 0 Å². The fourth-order valence-electron chi connectivity index (χ4n) is 8.63. The van der Waals surface area contributed by atoms with Gasteiger partial charge in [-0.3, -0.25) is 19.4 Å². The Bertz CT molecular complexity index is 1530. The van der Waals surface area contributed by atoms with Crippen LogP contribution >= 0.6 is 0 Å². The normalized spacial score (nSPS) is 40.0. The number of esters is 1. The number of ketones is 1. The number of hydrogen-bond donors (Lipinski definition) is 2. The Morgan fingerprint density at radius 1 is 1.04 bits per heavy atom. The molecule has 13 nitrogen and oxygen atoms in total. The van der Waals surface area contributed by atoms with Crippen molar-refractivity contribution in [2.75, 3.05) is 33.9 Å². The number of rotatable bonds is 7. The Morgan fingerprint density at radius 3 is 2.33 bits per heavy atom. The summed E-state index contributed by atoms with van der Waals surface area (Å²) in [6.45, 7) is 15.8. The number of ether oxygens (including phenoxy) is 5. The second kappa shape index (κ2) is 19.0. The van der Waals surface area contributed by atoms with E-state index in [0.29, 0.717) is 30.8 Å². The molecule has 1 amide bonds. The zero-order valence-electron chi connectivity index (χ0n) is 34.7. The summed E-state index contributed by atoms with van der Waals surface area (Å²) in [6.07, 6.45) is -4.02. The molecule has 1 aromatic rings. The number of benzene rings is 1. The largest absolute Gasteiger partial charge is 0.459 e. The van der Waals surface area contributed by atoms with Crippen LogP contribution in [0.1, 0.15) is 87.1 Å². The van der Waals surface area contributed by atoms with E-state index in [1.807, 2.05) is 77.0 Å². The highest BCUT2D eigenvalue weighted by Crippen LogP contribution is 2.40. The van der Waals surface area contributed by atoms with Gasteiger partial charge in [-0.15, -0.1) is 0 Å². The number of cyclic esters (lactones) is 1. The highest BCUT2D eigenvalue weighted by molar-refractivity contribution is 6.00. The minimum Gasteiger partial charge on any atom is -0.459 e. The van der Waals surface area contributed by atoms with E-state index >= 15 is 0 Å². The van der Waals surface area contributed by atoms with Crippen molar-refractivity contribution in [2.45, 2.75) is 142 Å². The van der Waals surface area contributed by atoms with Gasteiger partial charge < -0.3 is 38.8 Å². The van der Waals surface area contributed by atoms with Gasteiger partial charge in [0.2, 0.25) is 5.91 Å². The van der Waals surface area contributed by atoms with Crippen LogP contribution in [0.3, 0.4) is 0 Å². The number of carbonyl (C=O) groups excluding carboxylic acids is 3. The zero-order valence-corrected chi connectivity index (χ0v) is 34.7. The van der Waals surface area contributed by atoms with Gasteiger partial charge in [-0.25, -0.2) is 4.99 Å². The van der Waals surface area contributed by atoms with Crippen LogP contribution in [-0.4, -0.2) is 132 Å². The van der Waals surface area contributed by atoms with Crippen molar-refractivity contribution in [2.24, 2.45) is 33.7 Å². The van der Waals surface area contributed by atoms with Gasteiger partial charge in [-0.2, -0.15) is 0 Å². The summed E-state index contributed by atoms with van der Waals surface area (Å²) in [5.74, 6) is -5.02. The number of carbonyl (C=O) groups is 3. The first-order valence-electron chi connectivity index (χ1n) is 19.8. The maximum absolute atomic E-state index is 14.4. The predicted molar refractivity (Wildman–Crippen MR) is 209 cm³/mol. The Balaban J connectivity index is 1.94. The number of aliphatic hydroxyl groups is 2. The summed E-state index contributed by atoms with van der Waals surface area (Å²) in [5.41, 5.74) is -0.980. The minimum absolute atomic E-state index is 0.0196. The molecule has 2 N–H and O–H groups in total. The lowest BCUT2D eigenvalue weighted by Gasteiger charge is -2.47. The van der Waals surface area contributed by atoms with Crippen LogP contribution in [0, 0.1) is 23.7 Å². The van der Waals surface area contributed by atoms with Crippen molar-refractivity contribution in [1.29, 1.82) is 0 Å². The molecule has 4 rings (SSSR count). The number of likely N-dealkylation sites (N-methyl/N-ethyl adjacent to an activating group) is 1. The van der Waals surface area contributed by atoms with E-state index < -0.39 is 83.2 Å². The van der Waals surface area contributed by atoms with Crippen molar-refractivity contribution in [3.8, 4) is 0 Å². The standard InChI is InChI=1S/C42H65N3O10/c1-12-33-42(9,50)38-26(4)34(44-29(7)46)24(2)21-41(8,52-23-31(22-51-38)43-19-18-30-16-14-13-15-17-30)37(27(5)35(47)28(6)39(49)54-33)55-40-36(48)32(45(10)11)20-25(3)53-40/h13-17,24-28,32-33,36-38,40,48,50H,12,18-23H2,1-11H3/t24-,25-,26+,27+,28-,32+,33-,36-,37-,38?,40+,41-,42-/m1/s1. The van der Waals surface area contributed by atoms with Gasteiger partial charge in [0.05, 0.1) is 42.8 Å². The van der Waals surface area contributed by atoms with Gasteiger partial charge in [0, 0.05) is 37.1 Å². The fraction of sp³-hybridized carbons (Fsp3) is 0.738. The number of amides is 1. The van der Waals surface area contributed by atoms with E-state index in [1.165, 1.54) is 13.8 Å². The molecule has 3 saturated heterocycles. The molecule has 3 heterocycles. The summed E-state index contributed by atoms with van der Waals surface area (Å²) >= 11 is 0. The molecular weight excluding hydrogens is 706 g/mol. The third kappa shape index (κ3) is 10.7. The van der Waals surface area contributed by atoms with Crippen molar-refractivity contribution in [3.63, 3.8) is 0 Å². The SMILES string of the molecule is CC[C@H]1OC(=O)[C@H](C)C(=O)[C@H](C)[C@@H](O[C@@H]2O[C@H](C)C[C@H](N(C)C)[C@H]2O)[C@@]2(C)C[C@@H](C)C(=NC(C)=O)[C@H](C)C(OCC(=NCCc3ccccc3)CO2)[C@]1(C)O. The van der Waals surface area contributed by atoms with E-state index in [0.717, 1.165) is 5.56 Å². The molecule has 0 radical (unpaired) electrons. The van der Waals surface area contributed by atoms with Gasteiger partial charge in [-0.1, -0.05) is 58.0 Å². The lowest BCUT2D eigenvalue weighted by atomic mass is 9.73. The summed E-state index contributed by atoms with van der Waals surface area (Å²) in [6, 6.07) is 9.69. The number of nitrogens with zero attached hydrogens (tertiary/aromatic N) is 3. The zero-order chi connectivity index (χ0) is 40.8. The predicted octanol–water partition coefficient (Wildman–Crippen LogP) is 4.23. The van der Waals surface area contributed by atoms with Crippen LogP contribution in [0.15, 0.2) is 40.3 Å². The molecule has 3 aliphatic rings. The molecule has 308 valence electrons. The van der Waals surface area contributed by atoms with Gasteiger partial charge in [0.25, 0.3) is 0 Å². The number of fused-ring (bicyclic) bond motifs is 5. The maximum atomic E-state index is 14.4. The number of hydrogen-bond acceptors (Lipinski definition) is 12. The van der Waals surface area contributed by atoms with Gasteiger partial charge >= 0.3 is 5.97 Å². The highest BCUT2D eigenvalue weighted by atomic mass is 16.7. The Kier molecular flexibility index (Phi) is 15.5. The van der Waals surface area contributed by atoms with E-state index in [4.69, 9.17) is 28.7 Å². The highest BCUT2D eigenvalue weighted by Gasteiger charge is 2.53.